The van der Waals surface area contributed by atoms with E-state index >= 15 is 0 Å². The Morgan fingerprint density at radius 1 is 1.20 bits per heavy atom. The van der Waals surface area contributed by atoms with Crippen LogP contribution in [-0.2, 0) is 11.2 Å². The molecular weight excluding hydrogens is 272 g/mol. The third-order valence-corrected chi connectivity index (χ3v) is 3.12. The van der Waals surface area contributed by atoms with Gasteiger partial charge in [0.15, 0.2) is 0 Å². The van der Waals surface area contributed by atoms with Gasteiger partial charge in [-0.3, -0.25) is 4.79 Å². The Balaban J connectivity index is 0.00000361. The lowest BCUT2D eigenvalue weighted by Gasteiger charge is -2.13. The van der Waals surface area contributed by atoms with Gasteiger partial charge in [-0.15, -0.1) is 12.4 Å². The molecule has 0 bridgehead atoms. The number of nitrogen functional groups attached to an aromatic ring is 1. The summed E-state index contributed by atoms with van der Waals surface area (Å²) in [5, 5.41) is 2.98. The summed E-state index contributed by atoms with van der Waals surface area (Å²) in [5.74, 6) is 1.26. The third kappa shape index (κ3) is 8.05. The molecule has 1 aromatic rings. The topological polar surface area (TPSA) is 55.1 Å². The first-order chi connectivity index (χ1) is 8.97. The second-order valence-electron chi connectivity index (χ2n) is 5.78. The molecule has 1 amide bonds. The Labute approximate surface area is 128 Å². The molecule has 20 heavy (non-hydrogen) atoms. The summed E-state index contributed by atoms with van der Waals surface area (Å²) in [7, 11) is 0. The number of anilines is 1. The fraction of sp³-hybridized carbons (Fsp3) is 0.562. The van der Waals surface area contributed by atoms with Gasteiger partial charge in [-0.25, -0.2) is 0 Å². The van der Waals surface area contributed by atoms with Crippen LogP contribution in [0.1, 0.15) is 39.2 Å². The van der Waals surface area contributed by atoms with Crippen molar-refractivity contribution in [2.24, 2.45) is 11.8 Å². The minimum Gasteiger partial charge on any atom is -0.399 e. The van der Waals surface area contributed by atoms with Crippen LogP contribution in [0.3, 0.4) is 0 Å². The van der Waals surface area contributed by atoms with Crippen LogP contribution in [0.4, 0.5) is 5.69 Å². The maximum Gasteiger partial charge on any atom is 0.220 e. The molecule has 0 heterocycles. The number of nitrogens with one attached hydrogen (secondary N) is 1. The van der Waals surface area contributed by atoms with Crippen LogP contribution in [0, 0.1) is 11.8 Å². The van der Waals surface area contributed by atoms with Gasteiger partial charge in [0.1, 0.15) is 0 Å². The maximum atomic E-state index is 11.7. The molecule has 1 unspecified atom stereocenters. The Morgan fingerprint density at radius 2 is 1.80 bits per heavy atom. The predicted octanol–water partition coefficient (Wildman–Crippen LogP) is 3.42. The van der Waals surface area contributed by atoms with Crippen molar-refractivity contribution in [1.82, 2.24) is 5.32 Å². The number of amides is 1. The highest BCUT2D eigenvalue weighted by atomic mass is 35.5. The van der Waals surface area contributed by atoms with Gasteiger partial charge >= 0.3 is 0 Å². The molecule has 0 spiro atoms. The van der Waals surface area contributed by atoms with Gasteiger partial charge < -0.3 is 11.1 Å². The van der Waals surface area contributed by atoms with Crippen molar-refractivity contribution in [3.05, 3.63) is 29.8 Å². The van der Waals surface area contributed by atoms with Crippen LogP contribution >= 0.6 is 12.4 Å². The number of carbonyl (C=O) groups is 1. The van der Waals surface area contributed by atoms with Gasteiger partial charge in [-0.1, -0.05) is 32.9 Å². The first kappa shape index (κ1) is 18.8. The van der Waals surface area contributed by atoms with Crippen LogP contribution in [0.5, 0.6) is 0 Å². The predicted molar refractivity (Wildman–Crippen MR) is 88.1 cm³/mol. The van der Waals surface area contributed by atoms with Gasteiger partial charge in [0.2, 0.25) is 5.91 Å². The van der Waals surface area contributed by atoms with Gasteiger partial charge in [-0.2, -0.15) is 0 Å². The van der Waals surface area contributed by atoms with Crippen LogP contribution in [0.2, 0.25) is 0 Å². The number of hydrogen-bond acceptors (Lipinski definition) is 2. The van der Waals surface area contributed by atoms with Crippen LogP contribution in [0.25, 0.3) is 0 Å². The largest absolute Gasteiger partial charge is 0.399 e. The third-order valence-electron chi connectivity index (χ3n) is 3.12. The average molecular weight is 299 g/mol. The zero-order chi connectivity index (χ0) is 14.3. The zero-order valence-corrected chi connectivity index (χ0v) is 13.5. The zero-order valence-electron chi connectivity index (χ0n) is 12.7. The van der Waals surface area contributed by atoms with E-state index < -0.39 is 0 Å². The minimum absolute atomic E-state index is 0. The Bertz CT molecular complexity index is 390. The second-order valence-corrected chi connectivity index (χ2v) is 5.78. The van der Waals surface area contributed by atoms with Crippen molar-refractivity contribution in [2.75, 3.05) is 12.3 Å². The Morgan fingerprint density at radius 3 is 2.35 bits per heavy atom. The number of carbonyl (C=O) groups excluding carboxylic acids is 1. The number of rotatable bonds is 7. The normalized spacial score (nSPS) is 11.8. The van der Waals surface area contributed by atoms with Gasteiger partial charge in [0.25, 0.3) is 0 Å². The molecule has 0 aliphatic carbocycles. The van der Waals surface area contributed by atoms with Crippen molar-refractivity contribution in [3.8, 4) is 0 Å². The van der Waals surface area contributed by atoms with Crippen LogP contribution in [-0.4, -0.2) is 12.5 Å². The van der Waals surface area contributed by atoms with Crippen molar-refractivity contribution in [2.45, 2.75) is 40.0 Å². The molecule has 0 radical (unpaired) electrons. The van der Waals surface area contributed by atoms with E-state index in [-0.39, 0.29) is 18.3 Å². The van der Waals surface area contributed by atoms with Crippen LogP contribution < -0.4 is 11.1 Å². The van der Waals surface area contributed by atoms with Crippen molar-refractivity contribution in [3.63, 3.8) is 0 Å². The molecule has 0 aliphatic rings. The average Bonchev–Trinajstić information content (AvgIpc) is 2.30. The first-order valence-corrected chi connectivity index (χ1v) is 7.08. The van der Waals surface area contributed by atoms with E-state index in [1.807, 2.05) is 24.3 Å². The molecule has 0 aromatic heterocycles. The standard InChI is InChI=1S/C16H26N2O.ClH/c1-12(2)10-13(3)11-16(19)18-9-8-14-4-6-15(17)7-5-14;/h4-7,12-13H,8-11,17H2,1-3H3,(H,18,19);1H. The highest BCUT2D eigenvalue weighted by Gasteiger charge is 2.10. The SMILES string of the molecule is CC(C)CC(C)CC(=O)NCCc1ccc(N)cc1.Cl. The molecule has 114 valence electrons. The first-order valence-electron chi connectivity index (χ1n) is 7.08. The number of nitrogens with two attached hydrogens (primary N) is 1. The molecule has 1 aromatic carbocycles. The minimum atomic E-state index is 0. The van der Waals surface area contributed by atoms with E-state index in [1.165, 1.54) is 5.56 Å². The van der Waals surface area contributed by atoms with E-state index in [1.54, 1.807) is 0 Å². The summed E-state index contributed by atoms with van der Waals surface area (Å²) in [4.78, 5) is 11.7. The molecule has 0 aliphatic heterocycles. The quantitative estimate of drug-likeness (QED) is 0.758. The highest BCUT2D eigenvalue weighted by molar-refractivity contribution is 5.85. The molecule has 0 saturated carbocycles. The van der Waals surface area contributed by atoms with Crippen molar-refractivity contribution >= 4 is 24.0 Å². The van der Waals surface area contributed by atoms with Crippen molar-refractivity contribution < 1.29 is 4.79 Å². The summed E-state index contributed by atoms with van der Waals surface area (Å²) < 4.78 is 0. The number of halogens is 1. The summed E-state index contributed by atoms with van der Waals surface area (Å²) in [6.45, 7) is 7.21. The van der Waals surface area contributed by atoms with Gasteiger partial charge in [-0.05, 0) is 42.4 Å². The van der Waals surface area contributed by atoms with E-state index in [0.29, 0.717) is 24.8 Å². The molecule has 1 atom stereocenters. The Hall–Kier alpha value is -1.22. The molecule has 0 fully saturated rings. The van der Waals surface area contributed by atoms with Gasteiger partial charge in [0.05, 0.1) is 0 Å². The monoisotopic (exact) mass is 298 g/mol. The van der Waals surface area contributed by atoms with Gasteiger partial charge in [0, 0.05) is 18.7 Å². The fourth-order valence-corrected chi connectivity index (χ4v) is 2.31. The number of hydrogen-bond donors (Lipinski definition) is 2. The molecule has 1 rings (SSSR count). The molecular formula is C16H27ClN2O. The fourth-order valence-electron chi connectivity index (χ4n) is 2.31. The van der Waals surface area contributed by atoms with E-state index in [0.717, 1.165) is 18.5 Å². The smallest absolute Gasteiger partial charge is 0.220 e. The van der Waals surface area contributed by atoms with E-state index in [4.69, 9.17) is 5.73 Å². The summed E-state index contributed by atoms with van der Waals surface area (Å²) in [5.41, 5.74) is 7.60. The van der Waals surface area contributed by atoms with E-state index in [2.05, 4.69) is 26.1 Å². The summed E-state index contributed by atoms with van der Waals surface area (Å²) >= 11 is 0. The second kappa shape index (κ2) is 9.65. The molecule has 3 N–H and O–H groups in total. The molecule has 0 saturated heterocycles. The van der Waals surface area contributed by atoms with Crippen LogP contribution in [0.15, 0.2) is 24.3 Å². The molecule has 3 nitrogen and oxygen atoms in total. The van der Waals surface area contributed by atoms with Crippen molar-refractivity contribution in [1.29, 1.82) is 0 Å². The lowest BCUT2D eigenvalue weighted by Crippen LogP contribution is -2.27. The summed E-state index contributed by atoms with van der Waals surface area (Å²) in [6.07, 6.45) is 2.58. The summed E-state index contributed by atoms with van der Waals surface area (Å²) in [6, 6.07) is 7.79. The molecule has 4 heteroatoms. The Kier molecular flexibility index (Phi) is 9.06. The maximum absolute atomic E-state index is 11.7. The lowest BCUT2D eigenvalue weighted by atomic mass is 9.96. The highest BCUT2D eigenvalue weighted by Crippen LogP contribution is 2.14. The van der Waals surface area contributed by atoms with E-state index in [9.17, 15) is 4.79 Å². The lowest BCUT2D eigenvalue weighted by molar-refractivity contribution is -0.121. The number of benzene rings is 1.